The number of carbonyl (C=O) groups is 2. The zero-order valence-electron chi connectivity index (χ0n) is 12.7. The average Bonchev–Trinajstić information content (AvgIpc) is 3.09. The summed E-state index contributed by atoms with van der Waals surface area (Å²) in [6, 6.07) is 16.7. The second-order valence-corrected chi connectivity index (χ2v) is 5.96. The molecule has 0 bridgehead atoms. The molecular formula is C19H16N2O2. The zero-order valence-corrected chi connectivity index (χ0v) is 12.7. The van der Waals surface area contributed by atoms with Crippen LogP contribution in [0.25, 0.3) is 0 Å². The predicted octanol–water partition coefficient (Wildman–Crippen LogP) is 2.33. The summed E-state index contributed by atoms with van der Waals surface area (Å²) in [6.07, 6.45) is 0. The number of nitrogens with one attached hydrogen (secondary N) is 2. The summed E-state index contributed by atoms with van der Waals surface area (Å²) < 4.78 is 0. The largest absolute Gasteiger partial charge is 0.341 e. The predicted molar refractivity (Wildman–Crippen MR) is 86.4 cm³/mol. The quantitative estimate of drug-likeness (QED) is 0.894. The lowest BCUT2D eigenvalue weighted by Gasteiger charge is -2.17. The van der Waals surface area contributed by atoms with Crippen LogP contribution in [-0.4, -0.2) is 11.8 Å². The van der Waals surface area contributed by atoms with E-state index in [1.807, 2.05) is 61.5 Å². The molecule has 23 heavy (non-hydrogen) atoms. The molecule has 114 valence electrons. The van der Waals surface area contributed by atoms with Crippen LogP contribution < -0.4 is 10.6 Å². The lowest BCUT2D eigenvalue weighted by Crippen LogP contribution is -2.33. The van der Waals surface area contributed by atoms with Crippen molar-refractivity contribution in [1.82, 2.24) is 10.6 Å². The van der Waals surface area contributed by atoms with Gasteiger partial charge in [-0.1, -0.05) is 60.2 Å². The van der Waals surface area contributed by atoms with Crippen molar-refractivity contribution in [2.75, 3.05) is 0 Å². The van der Waals surface area contributed by atoms with E-state index < -0.39 is 0 Å². The highest BCUT2D eigenvalue weighted by Crippen LogP contribution is 2.40. The van der Waals surface area contributed by atoms with Gasteiger partial charge in [0.05, 0.1) is 23.2 Å². The van der Waals surface area contributed by atoms with Crippen molar-refractivity contribution >= 4 is 11.8 Å². The third-order valence-electron chi connectivity index (χ3n) is 4.45. The normalized spacial score (nSPS) is 22.8. The second kappa shape index (κ2) is 5.09. The van der Waals surface area contributed by atoms with E-state index in [4.69, 9.17) is 0 Å². The molecule has 2 N–H and O–H groups in total. The maximum absolute atomic E-state index is 12.5. The summed E-state index contributed by atoms with van der Waals surface area (Å²) in [7, 11) is 0. The van der Waals surface area contributed by atoms with E-state index in [1.54, 1.807) is 0 Å². The highest BCUT2D eigenvalue weighted by molar-refractivity contribution is 6.13. The Labute approximate surface area is 134 Å². The smallest absolute Gasteiger partial charge is 0.250 e. The van der Waals surface area contributed by atoms with Crippen molar-refractivity contribution in [1.29, 1.82) is 0 Å². The van der Waals surface area contributed by atoms with Crippen LogP contribution in [0.3, 0.4) is 0 Å². The second-order valence-electron chi connectivity index (χ2n) is 5.96. The number of amides is 2. The lowest BCUT2D eigenvalue weighted by molar-refractivity contribution is -0.118. The van der Waals surface area contributed by atoms with Gasteiger partial charge in [0.1, 0.15) is 0 Å². The Hall–Kier alpha value is -2.88. The molecule has 4 heteroatoms. The minimum absolute atomic E-state index is 0.169. The van der Waals surface area contributed by atoms with Gasteiger partial charge in [-0.25, -0.2) is 0 Å². The van der Waals surface area contributed by atoms with Gasteiger partial charge in [-0.05, 0) is 18.1 Å². The molecule has 4 nitrogen and oxygen atoms in total. The van der Waals surface area contributed by atoms with E-state index in [0.29, 0.717) is 11.1 Å². The third kappa shape index (κ3) is 2.14. The summed E-state index contributed by atoms with van der Waals surface area (Å²) in [6.45, 7) is 2.01. The number of rotatable bonds is 2. The number of hydrogen-bond acceptors (Lipinski definition) is 2. The Morgan fingerprint density at radius 1 is 0.696 bits per heavy atom. The zero-order chi connectivity index (χ0) is 16.0. The Balaban J connectivity index is 1.78. The first kappa shape index (κ1) is 13.8. The molecule has 0 saturated heterocycles. The number of aryl methyl sites for hydroxylation is 1. The molecule has 0 aliphatic carbocycles. The molecule has 2 aromatic carbocycles. The Morgan fingerprint density at radius 2 is 1.17 bits per heavy atom. The van der Waals surface area contributed by atoms with Crippen LogP contribution in [0.4, 0.5) is 0 Å². The van der Waals surface area contributed by atoms with Gasteiger partial charge in [-0.15, -0.1) is 0 Å². The van der Waals surface area contributed by atoms with Gasteiger partial charge < -0.3 is 10.6 Å². The first-order chi connectivity index (χ1) is 11.1. The van der Waals surface area contributed by atoms with E-state index in [0.717, 1.165) is 16.7 Å². The Bertz CT molecular complexity index is 820. The molecular weight excluding hydrogens is 288 g/mol. The lowest BCUT2D eigenvalue weighted by atomic mass is 9.95. The Kier molecular flexibility index (Phi) is 3.05. The fourth-order valence-electron chi connectivity index (χ4n) is 3.28. The summed E-state index contributed by atoms with van der Waals surface area (Å²) in [5.41, 5.74) is 4.09. The Morgan fingerprint density at radius 3 is 1.70 bits per heavy atom. The van der Waals surface area contributed by atoms with Crippen molar-refractivity contribution in [3.05, 3.63) is 82.4 Å². The topological polar surface area (TPSA) is 58.2 Å². The van der Waals surface area contributed by atoms with E-state index in [-0.39, 0.29) is 23.9 Å². The standard InChI is InChI=1S/C19H16N2O2/c1-11-7-9-13(10-8-11)17-15-14(18(22)21-17)16(20-19(15)23)12-5-3-2-4-6-12/h2-10,16-17H,1H3,(H,20,23)(H,21,22). The van der Waals surface area contributed by atoms with Gasteiger partial charge in [-0.3, -0.25) is 9.59 Å². The van der Waals surface area contributed by atoms with E-state index in [1.165, 1.54) is 0 Å². The van der Waals surface area contributed by atoms with Crippen molar-refractivity contribution < 1.29 is 9.59 Å². The van der Waals surface area contributed by atoms with Gasteiger partial charge in [0.2, 0.25) is 0 Å². The molecule has 0 fully saturated rings. The summed E-state index contributed by atoms with van der Waals surface area (Å²) >= 11 is 0. The van der Waals surface area contributed by atoms with Crippen LogP contribution in [0, 0.1) is 6.92 Å². The van der Waals surface area contributed by atoms with Crippen molar-refractivity contribution in [3.8, 4) is 0 Å². The number of hydrogen-bond donors (Lipinski definition) is 2. The molecule has 0 saturated carbocycles. The first-order valence-corrected chi connectivity index (χ1v) is 7.62. The molecule has 2 aromatic rings. The van der Waals surface area contributed by atoms with Crippen LogP contribution in [0.2, 0.25) is 0 Å². The monoisotopic (exact) mass is 304 g/mol. The highest BCUT2D eigenvalue weighted by atomic mass is 16.2. The minimum atomic E-state index is -0.369. The molecule has 0 spiro atoms. The first-order valence-electron chi connectivity index (χ1n) is 7.62. The number of benzene rings is 2. The molecule has 2 amide bonds. The van der Waals surface area contributed by atoms with Crippen LogP contribution in [0.5, 0.6) is 0 Å². The molecule has 2 unspecified atom stereocenters. The minimum Gasteiger partial charge on any atom is -0.341 e. The summed E-state index contributed by atoms with van der Waals surface area (Å²) in [5.74, 6) is -0.337. The van der Waals surface area contributed by atoms with Gasteiger partial charge in [0, 0.05) is 0 Å². The van der Waals surface area contributed by atoms with E-state index in [2.05, 4.69) is 10.6 Å². The average molecular weight is 304 g/mol. The van der Waals surface area contributed by atoms with Crippen LogP contribution in [0.15, 0.2) is 65.7 Å². The SMILES string of the molecule is Cc1ccc(C2NC(=O)C3=C2C(=O)NC3c2ccccc2)cc1. The van der Waals surface area contributed by atoms with Crippen LogP contribution in [0.1, 0.15) is 28.8 Å². The molecule has 2 aliphatic heterocycles. The molecule has 0 radical (unpaired) electrons. The number of carbonyl (C=O) groups excluding carboxylic acids is 2. The van der Waals surface area contributed by atoms with Crippen molar-refractivity contribution in [2.24, 2.45) is 0 Å². The maximum Gasteiger partial charge on any atom is 0.250 e. The molecule has 2 aliphatic rings. The van der Waals surface area contributed by atoms with E-state index >= 15 is 0 Å². The molecule has 2 heterocycles. The van der Waals surface area contributed by atoms with Crippen LogP contribution in [-0.2, 0) is 9.59 Å². The molecule has 4 rings (SSSR count). The van der Waals surface area contributed by atoms with Gasteiger partial charge in [0.25, 0.3) is 11.8 Å². The molecule has 2 atom stereocenters. The fraction of sp³-hybridized carbons (Fsp3) is 0.158. The summed E-state index contributed by atoms with van der Waals surface area (Å²) in [5, 5.41) is 5.89. The van der Waals surface area contributed by atoms with Gasteiger partial charge >= 0.3 is 0 Å². The summed E-state index contributed by atoms with van der Waals surface area (Å²) in [4.78, 5) is 24.9. The van der Waals surface area contributed by atoms with Gasteiger partial charge in [0.15, 0.2) is 0 Å². The third-order valence-corrected chi connectivity index (χ3v) is 4.45. The van der Waals surface area contributed by atoms with Crippen molar-refractivity contribution in [3.63, 3.8) is 0 Å². The molecule has 0 aromatic heterocycles. The fourth-order valence-corrected chi connectivity index (χ4v) is 3.28. The van der Waals surface area contributed by atoms with Crippen molar-refractivity contribution in [2.45, 2.75) is 19.0 Å². The van der Waals surface area contributed by atoms with Gasteiger partial charge in [-0.2, -0.15) is 0 Å². The highest BCUT2D eigenvalue weighted by Gasteiger charge is 2.45. The van der Waals surface area contributed by atoms with Crippen LogP contribution >= 0.6 is 0 Å². The maximum atomic E-state index is 12.5. The van der Waals surface area contributed by atoms with E-state index in [9.17, 15) is 9.59 Å².